The lowest BCUT2D eigenvalue weighted by Crippen LogP contribution is -2.63. The first kappa shape index (κ1) is 36.0. The summed E-state index contributed by atoms with van der Waals surface area (Å²) in [4.78, 5) is 49.8. The molecule has 5 aromatic rings. The third-order valence-corrected chi connectivity index (χ3v) is 8.68. The predicted molar refractivity (Wildman–Crippen MR) is 188 cm³/mol. The molecule has 11 heteroatoms. The normalized spacial score (nSPS) is 20.1. The van der Waals surface area contributed by atoms with Crippen LogP contribution in [-0.2, 0) is 43.7 Å². The first-order valence-electron chi connectivity index (χ1n) is 16.7. The highest BCUT2D eigenvalue weighted by atomic mass is 16.7. The number of hydrogen-bond donors (Lipinski definition) is 0. The first-order chi connectivity index (χ1) is 25.0. The van der Waals surface area contributed by atoms with E-state index in [1.54, 1.807) is 19.1 Å². The number of benzene rings is 4. The van der Waals surface area contributed by atoms with Crippen LogP contribution in [0, 0.1) is 6.92 Å². The maximum atomic E-state index is 12.6. The predicted octanol–water partition coefficient (Wildman–Crippen LogP) is 6.01. The number of hydrogen-bond acceptors (Lipinski definition) is 11. The number of aryl methyl sites for hydroxylation is 1. The van der Waals surface area contributed by atoms with Gasteiger partial charge in [-0.2, -0.15) is 0 Å². The number of carbonyl (C=O) groups excluding carboxylic acids is 3. The van der Waals surface area contributed by atoms with Gasteiger partial charge in [-0.05, 0) is 41.3 Å². The van der Waals surface area contributed by atoms with Crippen LogP contribution in [0.25, 0.3) is 11.0 Å². The number of rotatable bonds is 11. The van der Waals surface area contributed by atoms with E-state index in [1.165, 1.54) is 32.9 Å². The quantitative estimate of drug-likeness (QED) is 0.0692. The average Bonchev–Trinajstić information content (AvgIpc) is 3.12. The Morgan fingerprint density at radius 2 is 1.15 bits per heavy atom. The van der Waals surface area contributed by atoms with E-state index in [-0.39, 0.29) is 17.9 Å². The number of esters is 3. The van der Waals surface area contributed by atoms with Crippen molar-refractivity contribution in [3.8, 4) is 5.75 Å². The van der Waals surface area contributed by atoms with Crippen LogP contribution in [0.5, 0.6) is 5.75 Å². The van der Waals surface area contributed by atoms with Gasteiger partial charge in [0.05, 0.1) is 6.61 Å². The van der Waals surface area contributed by atoms with Crippen molar-refractivity contribution in [3.05, 3.63) is 148 Å². The first-order valence-corrected chi connectivity index (χ1v) is 16.7. The molecule has 1 saturated heterocycles. The van der Waals surface area contributed by atoms with Gasteiger partial charge < -0.3 is 32.8 Å². The van der Waals surface area contributed by atoms with Gasteiger partial charge in [0.1, 0.15) is 23.0 Å². The van der Waals surface area contributed by atoms with Crippen molar-refractivity contribution in [1.82, 2.24) is 0 Å². The zero-order valence-electron chi connectivity index (χ0n) is 29.1. The highest BCUT2D eigenvalue weighted by Crippen LogP contribution is 2.42. The Morgan fingerprint density at radius 3 is 1.67 bits per heavy atom. The second-order valence-corrected chi connectivity index (χ2v) is 12.4. The Hall–Kier alpha value is -5.78. The molecule has 5 atom stereocenters. The molecule has 0 spiro atoms. The van der Waals surface area contributed by atoms with Crippen LogP contribution in [0.3, 0.4) is 0 Å². The summed E-state index contributed by atoms with van der Waals surface area (Å²) in [6.07, 6.45) is -6.63. The molecule has 11 nitrogen and oxygen atoms in total. The Labute approximate surface area is 300 Å². The van der Waals surface area contributed by atoms with Crippen molar-refractivity contribution in [3.63, 3.8) is 0 Å². The van der Waals surface area contributed by atoms with Gasteiger partial charge in [0, 0.05) is 38.3 Å². The van der Waals surface area contributed by atoms with Crippen LogP contribution in [-0.4, -0.2) is 55.2 Å². The van der Waals surface area contributed by atoms with Gasteiger partial charge in [0.2, 0.25) is 12.4 Å². The molecule has 52 heavy (non-hydrogen) atoms. The van der Waals surface area contributed by atoms with E-state index in [2.05, 4.69) is 0 Å². The molecule has 1 aliphatic rings. The van der Waals surface area contributed by atoms with Crippen molar-refractivity contribution in [1.29, 1.82) is 0 Å². The van der Waals surface area contributed by atoms with Crippen LogP contribution < -0.4 is 10.4 Å². The summed E-state index contributed by atoms with van der Waals surface area (Å²) in [5.41, 5.74) is 1.66. The van der Waals surface area contributed by atoms with Crippen molar-refractivity contribution >= 4 is 28.9 Å². The van der Waals surface area contributed by atoms with Crippen molar-refractivity contribution in [2.75, 3.05) is 6.61 Å². The average molecular weight is 707 g/mol. The maximum Gasteiger partial charge on any atom is 0.336 e. The van der Waals surface area contributed by atoms with E-state index < -0.39 is 59.8 Å². The number of fused-ring (bicyclic) bond motifs is 1. The zero-order valence-corrected chi connectivity index (χ0v) is 29.1. The largest absolute Gasteiger partial charge is 0.461 e. The molecule has 2 heterocycles. The molecular formula is C41H38O11. The van der Waals surface area contributed by atoms with Crippen LogP contribution >= 0.6 is 0 Å². The highest BCUT2D eigenvalue weighted by Gasteiger charge is 2.54. The third kappa shape index (κ3) is 7.75. The molecule has 1 fully saturated rings. The van der Waals surface area contributed by atoms with Crippen LogP contribution in [0.2, 0.25) is 0 Å². The number of ether oxygens (including phenoxy) is 6. The van der Waals surface area contributed by atoms with Gasteiger partial charge in [0.25, 0.3) is 0 Å². The minimum atomic E-state index is -1.41. The van der Waals surface area contributed by atoms with E-state index in [9.17, 15) is 19.2 Å². The standard InChI is InChI=1S/C41H38O11/c1-25-22-36(45)51-34-23-32(20-21-33(25)34)50-40-39(49-28(4)44)38(48-27(3)43)37(47-26(2)42)35(52-40)24-46-41(29-14-8-5-9-15-29,30-16-10-6-11-17-30)31-18-12-7-13-19-31/h5-23,35,37-40H,24H2,1-4H3/t35-,37-,38+,39+,40-/m1/s1. The lowest BCUT2D eigenvalue weighted by atomic mass is 9.80. The molecule has 4 aromatic carbocycles. The Kier molecular flexibility index (Phi) is 10.8. The molecule has 1 aliphatic heterocycles. The Bertz CT molecular complexity index is 1980. The van der Waals surface area contributed by atoms with E-state index >= 15 is 0 Å². The minimum Gasteiger partial charge on any atom is -0.461 e. The molecule has 0 radical (unpaired) electrons. The lowest BCUT2D eigenvalue weighted by Gasteiger charge is -2.45. The molecule has 0 N–H and O–H groups in total. The summed E-state index contributed by atoms with van der Waals surface area (Å²) in [7, 11) is 0. The fourth-order valence-corrected chi connectivity index (χ4v) is 6.57. The molecule has 0 bridgehead atoms. The second kappa shape index (κ2) is 15.6. The third-order valence-electron chi connectivity index (χ3n) is 8.68. The second-order valence-electron chi connectivity index (χ2n) is 12.4. The summed E-state index contributed by atoms with van der Waals surface area (Å²) in [6.45, 7) is 5.13. The SMILES string of the molecule is CC(=O)O[C@@H]1[C@H](OC(C)=O)[C@H](Oc2ccc3c(C)cc(=O)oc3c2)O[C@H](COC(c2ccccc2)(c2ccccc2)c2ccccc2)[C@H]1OC(C)=O. The molecule has 1 aromatic heterocycles. The van der Waals surface area contributed by atoms with E-state index in [0.29, 0.717) is 10.9 Å². The number of carbonyl (C=O) groups is 3. The van der Waals surface area contributed by atoms with Gasteiger partial charge in [-0.25, -0.2) is 4.79 Å². The summed E-state index contributed by atoms with van der Waals surface area (Å²) in [6, 6.07) is 35.2. The van der Waals surface area contributed by atoms with E-state index in [1.807, 2.05) is 91.0 Å². The van der Waals surface area contributed by atoms with Crippen molar-refractivity contribution in [2.24, 2.45) is 0 Å². The summed E-state index contributed by atoms with van der Waals surface area (Å²) >= 11 is 0. The van der Waals surface area contributed by atoms with Crippen LogP contribution in [0.15, 0.2) is 124 Å². The van der Waals surface area contributed by atoms with Crippen LogP contribution in [0.4, 0.5) is 0 Å². The fourth-order valence-electron chi connectivity index (χ4n) is 6.57. The molecular weight excluding hydrogens is 668 g/mol. The molecule has 268 valence electrons. The zero-order chi connectivity index (χ0) is 36.8. The van der Waals surface area contributed by atoms with Gasteiger partial charge in [-0.15, -0.1) is 0 Å². The van der Waals surface area contributed by atoms with Gasteiger partial charge >= 0.3 is 23.5 Å². The minimum absolute atomic E-state index is 0.197. The molecule has 0 amide bonds. The maximum absolute atomic E-state index is 12.6. The molecule has 0 aliphatic carbocycles. The van der Waals surface area contributed by atoms with Gasteiger partial charge in [-0.3, -0.25) is 14.4 Å². The summed E-state index contributed by atoms with van der Waals surface area (Å²) in [5, 5.41) is 0.686. The van der Waals surface area contributed by atoms with E-state index in [0.717, 1.165) is 16.7 Å². The highest BCUT2D eigenvalue weighted by molar-refractivity contribution is 5.81. The van der Waals surface area contributed by atoms with Gasteiger partial charge in [0.15, 0.2) is 12.2 Å². The molecule has 6 rings (SSSR count). The Morgan fingerprint density at radius 1 is 0.654 bits per heavy atom. The van der Waals surface area contributed by atoms with Crippen molar-refractivity contribution < 1.29 is 47.2 Å². The lowest BCUT2D eigenvalue weighted by molar-refractivity contribution is -0.292. The summed E-state index contributed by atoms with van der Waals surface area (Å²) in [5.74, 6) is -1.96. The smallest absolute Gasteiger partial charge is 0.336 e. The molecule has 0 saturated carbocycles. The monoisotopic (exact) mass is 706 g/mol. The summed E-state index contributed by atoms with van der Waals surface area (Å²) < 4.78 is 42.4. The van der Waals surface area contributed by atoms with E-state index in [4.69, 9.17) is 32.8 Å². The Balaban J connectivity index is 1.45. The topological polar surface area (TPSA) is 137 Å². The fraction of sp³-hybridized carbons (Fsp3) is 0.268. The van der Waals surface area contributed by atoms with Crippen molar-refractivity contribution in [2.45, 2.75) is 64.0 Å². The van der Waals surface area contributed by atoms with Crippen LogP contribution in [0.1, 0.15) is 43.0 Å². The van der Waals surface area contributed by atoms with Gasteiger partial charge in [-0.1, -0.05) is 91.0 Å². The molecule has 0 unspecified atom stereocenters.